The average molecular weight is 305 g/mol. The van der Waals surface area contributed by atoms with Crippen molar-refractivity contribution in [1.29, 1.82) is 0 Å². The predicted molar refractivity (Wildman–Crippen MR) is 73.6 cm³/mol. The van der Waals surface area contributed by atoms with Crippen molar-refractivity contribution in [2.75, 3.05) is 5.32 Å². The van der Waals surface area contributed by atoms with Crippen molar-refractivity contribution in [1.82, 2.24) is 20.3 Å². The van der Waals surface area contributed by atoms with Crippen LogP contribution in [0.1, 0.15) is 17.3 Å². The number of carbonyl (C=O) groups excluding carboxylic acids is 1. The zero-order chi connectivity index (χ0) is 14.7. The Morgan fingerprint density at radius 1 is 1.43 bits per heavy atom. The van der Waals surface area contributed by atoms with E-state index in [1.54, 1.807) is 12.1 Å². The second-order valence-electron chi connectivity index (χ2n) is 4.16. The Morgan fingerprint density at radius 3 is 3.05 bits per heavy atom. The maximum Gasteiger partial charge on any atom is 0.238 e. The normalized spacial score (nSPS) is 10.7. The lowest BCUT2D eigenvalue weighted by atomic mass is 10.3. The molecule has 1 amide bonds. The number of rotatable bonds is 5. The fourth-order valence-electron chi connectivity index (χ4n) is 1.61. The van der Waals surface area contributed by atoms with Crippen molar-refractivity contribution in [2.24, 2.45) is 0 Å². The van der Waals surface area contributed by atoms with E-state index in [1.807, 2.05) is 6.92 Å². The van der Waals surface area contributed by atoms with Crippen LogP contribution in [0.5, 0.6) is 0 Å². The standard InChI is InChI=1S/C12H11N5O3S/c1-7-15-16-12(21-7)13-9(18)4-5-10-14-11(17-20-10)8-3-2-6-19-8/h2-3,6H,4-5H2,1H3,(H,13,16,18). The summed E-state index contributed by atoms with van der Waals surface area (Å²) in [5, 5.41) is 15.4. The summed E-state index contributed by atoms with van der Waals surface area (Å²) in [5.74, 6) is 1.10. The summed E-state index contributed by atoms with van der Waals surface area (Å²) in [6.45, 7) is 1.82. The molecular formula is C12H11N5O3S. The van der Waals surface area contributed by atoms with Crippen LogP contribution in [0.3, 0.4) is 0 Å². The van der Waals surface area contributed by atoms with Gasteiger partial charge in [-0.3, -0.25) is 4.79 Å². The Balaban J connectivity index is 1.54. The Bertz CT molecular complexity index is 734. The van der Waals surface area contributed by atoms with Crippen LogP contribution in [-0.4, -0.2) is 26.2 Å². The Morgan fingerprint density at radius 2 is 2.33 bits per heavy atom. The molecule has 3 aromatic heterocycles. The van der Waals surface area contributed by atoms with E-state index >= 15 is 0 Å². The highest BCUT2D eigenvalue weighted by atomic mass is 32.1. The largest absolute Gasteiger partial charge is 0.461 e. The van der Waals surface area contributed by atoms with Gasteiger partial charge in [0.2, 0.25) is 22.8 Å². The smallest absolute Gasteiger partial charge is 0.238 e. The van der Waals surface area contributed by atoms with Gasteiger partial charge in [0, 0.05) is 12.8 Å². The minimum absolute atomic E-state index is 0.177. The third-order valence-electron chi connectivity index (χ3n) is 2.55. The molecule has 3 aromatic rings. The van der Waals surface area contributed by atoms with E-state index in [0.717, 1.165) is 5.01 Å². The van der Waals surface area contributed by atoms with E-state index in [2.05, 4.69) is 25.7 Å². The minimum atomic E-state index is -0.177. The molecule has 0 spiro atoms. The van der Waals surface area contributed by atoms with Crippen molar-refractivity contribution in [3.05, 3.63) is 29.3 Å². The van der Waals surface area contributed by atoms with Crippen LogP contribution in [0.2, 0.25) is 0 Å². The second-order valence-corrected chi connectivity index (χ2v) is 5.35. The summed E-state index contributed by atoms with van der Waals surface area (Å²) in [4.78, 5) is 15.9. The van der Waals surface area contributed by atoms with Crippen LogP contribution in [0, 0.1) is 6.92 Å². The highest BCUT2D eigenvalue weighted by Crippen LogP contribution is 2.17. The van der Waals surface area contributed by atoms with E-state index in [-0.39, 0.29) is 12.3 Å². The van der Waals surface area contributed by atoms with Crippen molar-refractivity contribution in [3.8, 4) is 11.6 Å². The van der Waals surface area contributed by atoms with Crippen LogP contribution < -0.4 is 5.32 Å². The first-order chi connectivity index (χ1) is 10.2. The van der Waals surface area contributed by atoms with E-state index in [4.69, 9.17) is 8.94 Å². The number of anilines is 1. The highest BCUT2D eigenvalue weighted by Gasteiger charge is 2.13. The lowest BCUT2D eigenvalue weighted by Gasteiger charge is -1.97. The number of hydrogen-bond acceptors (Lipinski definition) is 8. The molecule has 0 fully saturated rings. The topological polar surface area (TPSA) is 107 Å². The van der Waals surface area contributed by atoms with Crippen molar-refractivity contribution in [3.63, 3.8) is 0 Å². The quantitative estimate of drug-likeness (QED) is 0.768. The first kappa shape index (κ1) is 13.4. The average Bonchev–Trinajstić information content (AvgIpc) is 3.17. The third kappa shape index (κ3) is 3.31. The number of hydrogen-bond donors (Lipinski definition) is 1. The molecule has 3 heterocycles. The van der Waals surface area contributed by atoms with Crippen LogP contribution in [0.4, 0.5) is 5.13 Å². The molecule has 0 aliphatic heterocycles. The van der Waals surface area contributed by atoms with Crippen LogP contribution in [-0.2, 0) is 11.2 Å². The van der Waals surface area contributed by atoms with Gasteiger partial charge in [-0.05, 0) is 19.1 Å². The number of amides is 1. The molecule has 1 N–H and O–H groups in total. The van der Waals surface area contributed by atoms with Gasteiger partial charge in [0.1, 0.15) is 5.01 Å². The monoisotopic (exact) mass is 305 g/mol. The maximum absolute atomic E-state index is 11.7. The molecule has 108 valence electrons. The summed E-state index contributed by atoms with van der Waals surface area (Å²) < 4.78 is 10.2. The minimum Gasteiger partial charge on any atom is -0.461 e. The maximum atomic E-state index is 11.7. The van der Waals surface area contributed by atoms with Crippen LogP contribution in [0.15, 0.2) is 27.3 Å². The van der Waals surface area contributed by atoms with Crippen LogP contribution in [0.25, 0.3) is 11.6 Å². The van der Waals surface area contributed by atoms with Gasteiger partial charge in [-0.25, -0.2) is 0 Å². The van der Waals surface area contributed by atoms with E-state index < -0.39 is 0 Å². The molecular weight excluding hydrogens is 294 g/mol. The number of aromatic nitrogens is 4. The molecule has 0 atom stereocenters. The Kier molecular flexibility index (Phi) is 3.73. The molecule has 0 aromatic carbocycles. The summed E-state index contributed by atoms with van der Waals surface area (Å²) in [7, 11) is 0. The summed E-state index contributed by atoms with van der Waals surface area (Å²) in [6, 6.07) is 3.47. The van der Waals surface area contributed by atoms with Crippen LogP contribution >= 0.6 is 11.3 Å². The summed E-state index contributed by atoms with van der Waals surface area (Å²) >= 11 is 1.32. The molecule has 9 heteroatoms. The van der Waals surface area contributed by atoms with Gasteiger partial charge in [0.05, 0.1) is 6.26 Å². The summed E-state index contributed by atoms with van der Waals surface area (Å²) in [6.07, 6.45) is 2.10. The van der Waals surface area contributed by atoms with Gasteiger partial charge in [-0.2, -0.15) is 4.98 Å². The zero-order valence-electron chi connectivity index (χ0n) is 11.1. The van der Waals surface area contributed by atoms with E-state index in [0.29, 0.717) is 29.0 Å². The molecule has 8 nitrogen and oxygen atoms in total. The molecule has 0 radical (unpaired) electrons. The fraction of sp³-hybridized carbons (Fsp3) is 0.250. The van der Waals surface area contributed by atoms with Crippen molar-refractivity contribution >= 4 is 22.4 Å². The SMILES string of the molecule is Cc1nnc(NC(=O)CCc2nc(-c3ccco3)no2)s1. The second kappa shape index (κ2) is 5.83. The Labute approximate surface area is 123 Å². The molecule has 0 bridgehead atoms. The highest BCUT2D eigenvalue weighted by molar-refractivity contribution is 7.15. The number of nitrogens with one attached hydrogen (secondary N) is 1. The molecule has 21 heavy (non-hydrogen) atoms. The van der Waals surface area contributed by atoms with Gasteiger partial charge in [0.15, 0.2) is 5.76 Å². The van der Waals surface area contributed by atoms with Gasteiger partial charge in [-0.15, -0.1) is 10.2 Å². The van der Waals surface area contributed by atoms with Gasteiger partial charge < -0.3 is 14.3 Å². The third-order valence-corrected chi connectivity index (χ3v) is 3.30. The van der Waals surface area contributed by atoms with Gasteiger partial charge in [0.25, 0.3) is 0 Å². The molecule has 0 unspecified atom stereocenters. The Hall–Kier alpha value is -2.55. The van der Waals surface area contributed by atoms with E-state index in [9.17, 15) is 4.79 Å². The van der Waals surface area contributed by atoms with Crippen molar-refractivity contribution < 1.29 is 13.7 Å². The molecule has 3 rings (SSSR count). The fourth-order valence-corrected chi connectivity index (χ4v) is 2.22. The summed E-state index contributed by atoms with van der Waals surface area (Å²) in [5.41, 5.74) is 0. The first-order valence-corrected chi connectivity index (χ1v) is 6.99. The number of nitrogens with zero attached hydrogens (tertiary/aromatic N) is 4. The zero-order valence-corrected chi connectivity index (χ0v) is 11.9. The lowest BCUT2D eigenvalue weighted by molar-refractivity contribution is -0.116. The number of furan rings is 1. The lowest BCUT2D eigenvalue weighted by Crippen LogP contribution is -2.12. The number of carbonyl (C=O) groups is 1. The van der Waals surface area contributed by atoms with Gasteiger partial charge in [-0.1, -0.05) is 16.5 Å². The number of aryl methyl sites for hydroxylation is 2. The molecule has 0 saturated carbocycles. The first-order valence-electron chi connectivity index (χ1n) is 6.17. The molecule has 0 aliphatic rings. The predicted octanol–water partition coefficient (Wildman–Crippen LogP) is 2.06. The van der Waals surface area contributed by atoms with E-state index in [1.165, 1.54) is 17.6 Å². The molecule has 0 saturated heterocycles. The van der Waals surface area contributed by atoms with Crippen molar-refractivity contribution in [2.45, 2.75) is 19.8 Å². The molecule has 0 aliphatic carbocycles. The van der Waals surface area contributed by atoms with Gasteiger partial charge >= 0.3 is 0 Å².